The minimum atomic E-state index is -1.34. The van der Waals surface area contributed by atoms with Gasteiger partial charge in [0.2, 0.25) is 0 Å². The minimum Gasteiger partial charge on any atom is -0.549 e. The third-order valence-electron chi connectivity index (χ3n) is 0.539. The Kier molecular flexibility index (Phi) is 16.5. The first-order valence-electron chi connectivity index (χ1n) is 2.23. The first-order valence-corrected chi connectivity index (χ1v) is 2.23. The molecular formula is C4H5Ag2NO4. The summed E-state index contributed by atoms with van der Waals surface area (Å²) in [6, 6.07) is 0. The maximum Gasteiger partial charge on any atom is 1.00 e. The van der Waals surface area contributed by atoms with Gasteiger partial charge in [-0.2, -0.15) is 0 Å². The predicted molar refractivity (Wildman–Crippen MR) is 22.9 cm³/mol. The molecule has 5 nitrogen and oxygen atoms in total. The Morgan fingerprint density at radius 2 is 1.27 bits per heavy atom. The molecule has 7 heteroatoms. The molecule has 0 aliphatic rings. The van der Waals surface area contributed by atoms with Gasteiger partial charge in [-0.1, -0.05) is 0 Å². The molecule has 72 valence electrons. The Labute approximate surface area is 94.6 Å². The van der Waals surface area contributed by atoms with E-state index in [2.05, 4.69) is 5.32 Å². The molecule has 0 radical (unpaired) electrons. The number of carboxylic acid groups (broad SMARTS) is 2. The van der Waals surface area contributed by atoms with E-state index in [0.717, 1.165) is 0 Å². The van der Waals surface area contributed by atoms with Crippen molar-refractivity contribution in [3.8, 4) is 0 Å². The number of carbonyl (C=O) groups excluding carboxylic acids is 2. The molecule has 0 saturated heterocycles. The van der Waals surface area contributed by atoms with Crippen molar-refractivity contribution in [1.29, 1.82) is 0 Å². The SMILES string of the molecule is O=C([O-])CNCC(=O)[O-].[Ag+].[Ag+]. The van der Waals surface area contributed by atoms with E-state index in [0.29, 0.717) is 0 Å². The van der Waals surface area contributed by atoms with Crippen LogP contribution in [0.2, 0.25) is 0 Å². The van der Waals surface area contributed by atoms with E-state index < -0.39 is 25.0 Å². The van der Waals surface area contributed by atoms with Gasteiger partial charge in [0, 0.05) is 13.1 Å². The minimum absolute atomic E-state index is 0. The van der Waals surface area contributed by atoms with Gasteiger partial charge in [0.25, 0.3) is 0 Å². The van der Waals surface area contributed by atoms with Crippen LogP contribution >= 0.6 is 0 Å². The van der Waals surface area contributed by atoms with Crippen LogP contribution in [0, 0.1) is 0 Å². The molecule has 0 saturated carbocycles. The summed E-state index contributed by atoms with van der Waals surface area (Å²) >= 11 is 0. The Morgan fingerprint density at radius 1 is 1.00 bits per heavy atom. The molecule has 0 aliphatic heterocycles. The van der Waals surface area contributed by atoms with E-state index in [1.807, 2.05) is 0 Å². The Bertz CT molecular complexity index is 115. The molecule has 0 aromatic heterocycles. The first kappa shape index (κ1) is 17.5. The molecule has 0 atom stereocenters. The maximum atomic E-state index is 9.59. The second-order valence-corrected chi connectivity index (χ2v) is 1.35. The van der Waals surface area contributed by atoms with Gasteiger partial charge in [0.15, 0.2) is 0 Å². The standard InChI is InChI=1S/C4H7NO4.2Ag/c6-3(7)1-5-2-4(8)9;;/h5H,1-2H2,(H,6,7)(H,8,9);;/q;2*+1/p-2. The second kappa shape index (κ2) is 10.4. The molecule has 1 N–H and O–H groups in total. The van der Waals surface area contributed by atoms with Gasteiger partial charge in [-0.25, -0.2) is 0 Å². The van der Waals surface area contributed by atoms with Crippen molar-refractivity contribution in [1.82, 2.24) is 5.32 Å². The number of carbonyl (C=O) groups is 2. The summed E-state index contributed by atoms with van der Waals surface area (Å²) in [6.07, 6.45) is 0. The van der Waals surface area contributed by atoms with Crippen LogP contribution in [0.1, 0.15) is 0 Å². The van der Waals surface area contributed by atoms with E-state index in [1.165, 1.54) is 0 Å². The van der Waals surface area contributed by atoms with Crippen LogP contribution in [0.4, 0.5) is 0 Å². The molecule has 0 rings (SSSR count). The molecule has 0 bridgehead atoms. The molecule has 0 aromatic rings. The average Bonchev–Trinajstić information content (AvgIpc) is 1.63. The number of hydrogen-bond acceptors (Lipinski definition) is 5. The molecular weight excluding hydrogens is 342 g/mol. The molecule has 11 heavy (non-hydrogen) atoms. The summed E-state index contributed by atoms with van der Waals surface area (Å²) < 4.78 is 0. The first-order chi connectivity index (χ1) is 4.13. The number of nitrogens with one attached hydrogen (secondary N) is 1. The van der Waals surface area contributed by atoms with Gasteiger partial charge in [0.1, 0.15) is 0 Å². The monoisotopic (exact) mass is 345 g/mol. The van der Waals surface area contributed by atoms with Crippen LogP contribution < -0.4 is 15.5 Å². The predicted octanol–water partition coefficient (Wildman–Crippen LogP) is -3.93. The van der Waals surface area contributed by atoms with Crippen molar-refractivity contribution in [2.45, 2.75) is 0 Å². The summed E-state index contributed by atoms with van der Waals surface area (Å²) in [4.78, 5) is 19.2. The van der Waals surface area contributed by atoms with Gasteiger partial charge in [-0.15, -0.1) is 0 Å². The molecule has 0 aliphatic carbocycles. The topological polar surface area (TPSA) is 92.3 Å². The zero-order valence-corrected chi connectivity index (χ0v) is 8.11. The second-order valence-electron chi connectivity index (χ2n) is 1.35. The zero-order chi connectivity index (χ0) is 7.28. The van der Waals surface area contributed by atoms with Crippen LogP contribution in [0.25, 0.3) is 0 Å². The molecule has 0 heterocycles. The number of aliphatic carboxylic acids is 2. The Balaban J connectivity index is -0.000000320. The summed E-state index contributed by atoms with van der Waals surface area (Å²) in [5.74, 6) is -2.67. The van der Waals surface area contributed by atoms with E-state index in [-0.39, 0.29) is 44.8 Å². The third kappa shape index (κ3) is 17.9. The van der Waals surface area contributed by atoms with Crippen molar-refractivity contribution in [3.63, 3.8) is 0 Å². The quantitative estimate of drug-likeness (QED) is 0.525. The van der Waals surface area contributed by atoms with Crippen LogP contribution in [-0.2, 0) is 54.3 Å². The van der Waals surface area contributed by atoms with Crippen molar-refractivity contribution in [3.05, 3.63) is 0 Å². The third-order valence-corrected chi connectivity index (χ3v) is 0.539. The fourth-order valence-electron chi connectivity index (χ4n) is 0.267. The van der Waals surface area contributed by atoms with Crippen molar-refractivity contribution in [2.75, 3.05) is 13.1 Å². The van der Waals surface area contributed by atoms with Crippen molar-refractivity contribution >= 4 is 11.9 Å². The summed E-state index contributed by atoms with van der Waals surface area (Å²) in [5.41, 5.74) is 0. The smallest absolute Gasteiger partial charge is 0.549 e. The van der Waals surface area contributed by atoms with E-state index in [4.69, 9.17) is 0 Å². The van der Waals surface area contributed by atoms with Crippen LogP contribution in [0.5, 0.6) is 0 Å². The molecule has 0 aromatic carbocycles. The normalized spacial score (nSPS) is 7.27. The van der Waals surface area contributed by atoms with E-state index in [1.54, 1.807) is 0 Å². The van der Waals surface area contributed by atoms with Gasteiger partial charge in [-0.05, 0) is 0 Å². The van der Waals surface area contributed by atoms with Crippen molar-refractivity contribution < 1.29 is 64.6 Å². The number of hydrogen-bond donors (Lipinski definition) is 1. The summed E-state index contributed by atoms with van der Waals surface area (Å²) in [7, 11) is 0. The summed E-state index contributed by atoms with van der Waals surface area (Å²) in [6.45, 7) is -0.929. The maximum absolute atomic E-state index is 9.59. The van der Waals surface area contributed by atoms with E-state index in [9.17, 15) is 19.8 Å². The van der Waals surface area contributed by atoms with Gasteiger partial charge >= 0.3 is 44.8 Å². The van der Waals surface area contributed by atoms with E-state index >= 15 is 0 Å². The number of carboxylic acids is 2. The summed E-state index contributed by atoms with van der Waals surface area (Å²) in [5, 5.41) is 21.2. The van der Waals surface area contributed by atoms with Crippen LogP contribution in [0.3, 0.4) is 0 Å². The van der Waals surface area contributed by atoms with Gasteiger partial charge in [-0.3, -0.25) is 0 Å². The van der Waals surface area contributed by atoms with Gasteiger partial charge in [0.05, 0.1) is 11.9 Å². The van der Waals surface area contributed by atoms with Crippen LogP contribution in [0.15, 0.2) is 0 Å². The zero-order valence-electron chi connectivity index (χ0n) is 5.15. The molecule has 0 spiro atoms. The fraction of sp³-hybridized carbons (Fsp3) is 0.500. The average molecular weight is 347 g/mol. The Morgan fingerprint density at radius 3 is 1.45 bits per heavy atom. The molecule has 0 amide bonds. The fourth-order valence-corrected chi connectivity index (χ4v) is 0.267. The molecule has 0 unspecified atom stereocenters. The van der Waals surface area contributed by atoms with Crippen LogP contribution in [-0.4, -0.2) is 25.0 Å². The van der Waals surface area contributed by atoms with Gasteiger partial charge < -0.3 is 25.1 Å². The largest absolute Gasteiger partial charge is 1.00 e. The van der Waals surface area contributed by atoms with Crippen molar-refractivity contribution in [2.24, 2.45) is 0 Å². The number of rotatable bonds is 4. The molecule has 0 fully saturated rings. The Hall–Kier alpha value is 0.381.